The standard InChI is InChI=1S/C14H25N5/c1-12(2)6-7-14-13(8-10-16)17-18-19(14)11-5-3-4-9-15/h12H,3-8,10-11,16H2,1-2H3. The molecule has 0 saturated carbocycles. The topological polar surface area (TPSA) is 80.5 Å². The minimum absolute atomic E-state index is 0.613. The van der Waals surface area contributed by atoms with Crippen molar-refractivity contribution in [3.63, 3.8) is 0 Å². The van der Waals surface area contributed by atoms with Gasteiger partial charge in [-0.05, 0) is 38.1 Å². The van der Waals surface area contributed by atoms with Crippen molar-refractivity contribution in [3.8, 4) is 6.07 Å². The van der Waals surface area contributed by atoms with Crippen LogP contribution >= 0.6 is 0 Å². The van der Waals surface area contributed by atoms with Gasteiger partial charge in [-0.2, -0.15) is 5.26 Å². The van der Waals surface area contributed by atoms with Gasteiger partial charge >= 0.3 is 0 Å². The van der Waals surface area contributed by atoms with Crippen LogP contribution in [-0.2, 0) is 19.4 Å². The van der Waals surface area contributed by atoms with Crippen LogP contribution in [0.5, 0.6) is 0 Å². The molecule has 0 aliphatic carbocycles. The zero-order chi connectivity index (χ0) is 14.1. The second kappa shape index (κ2) is 8.65. The first-order valence-corrected chi connectivity index (χ1v) is 7.17. The Kier molecular flexibility index (Phi) is 7.12. The molecule has 0 amide bonds. The Labute approximate surface area is 115 Å². The molecule has 1 aromatic heterocycles. The highest BCUT2D eigenvalue weighted by Gasteiger charge is 2.12. The predicted molar refractivity (Wildman–Crippen MR) is 75.4 cm³/mol. The summed E-state index contributed by atoms with van der Waals surface area (Å²) < 4.78 is 2.00. The molecule has 106 valence electrons. The Hall–Kier alpha value is -1.41. The fourth-order valence-corrected chi connectivity index (χ4v) is 2.04. The van der Waals surface area contributed by atoms with E-state index in [0.29, 0.717) is 18.9 Å². The van der Waals surface area contributed by atoms with Gasteiger partial charge in [-0.15, -0.1) is 5.10 Å². The molecule has 0 unspecified atom stereocenters. The van der Waals surface area contributed by atoms with Gasteiger partial charge in [0.15, 0.2) is 0 Å². The number of aromatic nitrogens is 3. The van der Waals surface area contributed by atoms with Crippen molar-refractivity contribution in [3.05, 3.63) is 11.4 Å². The Morgan fingerprint density at radius 1 is 1.32 bits per heavy atom. The van der Waals surface area contributed by atoms with Crippen LogP contribution in [-0.4, -0.2) is 21.5 Å². The molecular formula is C14H25N5. The lowest BCUT2D eigenvalue weighted by atomic mass is 10.0. The number of unbranched alkanes of at least 4 members (excludes halogenated alkanes) is 2. The molecular weight excluding hydrogens is 238 g/mol. The molecule has 19 heavy (non-hydrogen) atoms. The lowest BCUT2D eigenvalue weighted by Crippen LogP contribution is -2.10. The zero-order valence-corrected chi connectivity index (χ0v) is 12.1. The Morgan fingerprint density at radius 3 is 2.74 bits per heavy atom. The molecule has 0 fully saturated rings. The number of nitriles is 1. The van der Waals surface area contributed by atoms with Gasteiger partial charge in [-0.3, -0.25) is 0 Å². The van der Waals surface area contributed by atoms with Crippen LogP contribution in [0.3, 0.4) is 0 Å². The number of aryl methyl sites for hydroxylation is 1. The third-order valence-corrected chi connectivity index (χ3v) is 3.17. The predicted octanol–water partition coefficient (Wildman–Crippen LogP) is 2.06. The molecule has 0 atom stereocenters. The molecule has 0 saturated heterocycles. The number of nitrogens with two attached hydrogens (primary N) is 1. The number of rotatable bonds is 9. The van der Waals surface area contributed by atoms with E-state index in [9.17, 15) is 0 Å². The zero-order valence-electron chi connectivity index (χ0n) is 12.1. The minimum atomic E-state index is 0.613. The Morgan fingerprint density at radius 2 is 2.11 bits per heavy atom. The van der Waals surface area contributed by atoms with E-state index >= 15 is 0 Å². The smallest absolute Gasteiger partial charge is 0.0871 e. The van der Waals surface area contributed by atoms with Gasteiger partial charge in [0.1, 0.15) is 0 Å². The SMILES string of the molecule is CC(C)CCc1c(CCN)nnn1CCCCC#N. The first-order chi connectivity index (χ1) is 9.19. The molecule has 2 N–H and O–H groups in total. The van der Waals surface area contributed by atoms with Crippen LogP contribution in [0.2, 0.25) is 0 Å². The van der Waals surface area contributed by atoms with E-state index in [1.54, 1.807) is 0 Å². The maximum atomic E-state index is 8.54. The van der Waals surface area contributed by atoms with Gasteiger partial charge in [0.05, 0.1) is 17.5 Å². The molecule has 0 aliphatic heterocycles. The first kappa shape index (κ1) is 15.6. The molecule has 0 radical (unpaired) electrons. The average molecular weight is 263 g/mol. The maximum Gasteiger partial charge on any atom is 0.0871 e. The van der Waals surface area contributed by atoms with Crippen molar-refractivity contribution in [1.29, 1.82) is 5.26 Å². The van der Waals surface area contributed by atoms with Gasteiger partial charge in [0.25, 0.3) is 0 Å². The average Bonchev–Trinajstić information content (AvgIpc) is 2.75. The summed E-state index contributed by atoms with van der Waals surface area (Å²) in [7, 11) is 0. The van der Waals surface area contributed by atoms with Crippen molar-refractivity contribution >= 4 is 0 Å². The highest BCUT2D eigenvalue weighted by molar-refractivity contribution is 5.11. The van der Waals surface area contributed by atoms with Crippen LogP contribution < -0.4 is 5.73 Å². The monoisotopic (exact) mass is 263 g/mol. The largest absolute Gasteiger partial charge is 0.330 e. The van der Waals surface area contributed by atoms with Crippen LogP contribution in [0.25, 0.3) is 0 Å². The van der Waals surface area contributed by atoms with Crippen LogP contribution in [0.1, 0.15) is 50.9 Å². The molecule has 1 heterocycles. The third-order valence-electron chi connectivity index (χ3n) is 3.17. The molecule has 1 aromatic rings. The fourth-order valence-electron chi connectivity index (χ4n) is 2.04. The van der Waals surface area contributed by atoms with Gasteiger partial charge in [-0.1, -0.05) is 19.1 Å². The molecule has 1 rings (SSSR count). The Balaban J connectivity index is 2.64. The van der Waals surface area contributed by atoms with Crippen LogP contribution in [0.4, 0.5) is 0 Å². The van der Waals surface area contributed by atoms with Crippen molar-refractivity contribution in [2.45, 2.75) is 58.9 Å². The highest BCUT2D eigenvalue weighted by atomic mass is 15.4. The van der Waals surface area contributed by atoms with Crippen molar-refractivity contribution in [2.24, 2.45) is 11.7 Å². The van der Waals surface area contributed by atoms with E-state index in [-0.39, 0.29) is 0 Å². The molecule has 0 aromatic carbocycles. The van der Waals surface area contributed by atoms with Crippen molar-refractivity contribution < 1.29 is 0 Å². The normalized spacial score (nSPS) is 10.9. The third kappa shape index (κ3) is 5.39. The van der Waals surface area contributed by atoms with Crippen molar-refractivity contribution in [1.82, 2.24) is 15.0 Å². The lowest BCUT2D eigenvalue weighted by Gasteiger charge is -2.09. The molecule has 5 heteroatoms. The molecule has 0 aliphatic rings. The second-order valence-corrected chi connectivity index (χ2v) is 5.29. The summed E-state index contributed by atoms with van der Waals surface area (Å²) in [5, 5.41) is 17.0. The van der Waals surface area contributed by atoms with Gasteiger partial charge in [-0.25, -0.2) is 4.68 Å². The van der Waals surface area contributed by atoms with Crippen molar-refractivity contribution in [2.75, 3.05) is 6.54 Å². The summed E-state index contributed by atoms with van der Waals surface area (Å²) >= 11 is 0. The van der Waals surface area contributed by atoms with Gasteiger partial charge in [0, 0.05) is 19.4 Å². The van der Waals surface area contributed by atoms with E-state index in [4.69, 9.17) is 11.0 Å². The second-order valence-electron chi connectivity index (χ2n) is 5.29. The van der Waals surface area contributed by atoms with Gasteiger partial charge in [0.2, 0.25) is 0 Å². The number of hydrogen-bond donors (Lipinski definition) is 1. The van der Waals surface area contributed by atoms with Crippen LogP contribution in [0, 0.1) is 17.2 Å². The number of nitrogens with zero attached hydrogens (tertiary/aromatic N) is 4. The summed E-state index contributed by atoms with van der Waals surface area (Å²) in [6.07, 6.45) is 5.47. The molecule has 0 spiro atoms. The lowest BCUT2D eigenvalue weighted by molar-refractivity contribution is 0.505. The minimum Gasteiger partial charge on any atom is -0.330 e. The Bertz CT molecular complexity index is 402. The first-order valence-electron chi connectivity index (χ1n) is 7.17. The fraction of sp³-hybridized carbons (Fsp3) is 0.786. The van der Waals surface area contributed by atoms with E-state index in [1.165, 1.54) is 5.69 Å². The van der Waals surface area contributed by atoms with E-state index in [2.05, 4.69) is 30.2 Å². The summed E-state index contributed by atoms with van der Waals surface area (Å²) in [5.41, 5.74) is 7.90. The quantitative estimate of drug-likeness (QED) is 0.691. The van der Waals surface area contributed by atoms with E-state index in [1.807, 2.05) is 4.68 Å². The highest BCUT2D eigenvalue weighted by Crippen LogP contribution is 2.13. The summed E-state index contributed by atoms with van der Waals surface area (Å²) in [4.78, 5) is 0. The molecule has 5 nitrogen and oxygen atoms in total. The van der Waals surface area contributed by atoms with E-state index < -0.39 is 0 Å². The molecule has 0 bridgehead atoms. The summed E-state index contributed by atoms with van der Waals surface area (Å²) in [6, 6.07) is 2.17. The van der Waals surface area contributed by atoms with E-state index in [0.717, 1.165) is 44.3 Å². The maximum absolute atomic E-state index is 8.54. The van der Waals surface area contributed by atoms with Gasteiger partial charge < -0.3 is 5.73 Å². The van der Waals surface area contributed by atoms with Crippen LogP contribution in [0.15, 0.2) is 0 Å². The summed E-state index contributed by atoms with van der Waals surface area (Å²) in [5.74, 6) is 0.674. The number of hydrogen-bond acceptors (Lipinski definition) is 4. The summed E-state index contributed by atoms with van der Waals surface area (Å²) in [6.45, 7) is 5.92.